The van der Waals surface area contributed by atoms with Gasteiger partial charge in [-0.1, -0.05) is 11.8 Å². The van der Waals surface area contributed by atoms with Gasteiger partial charge in [0.1, 0.15) is 0 Å². The van der Waals surface area contributed by atoms with Crippen molar-refractivity contribution in [3.63, 3.8) is 0 Å². The molecule has 3 aromatic rings. The number of aromatic nitrogens is 2. The number of nitrogens with zero attached hydrogens (tertiary/aromatic N) is 2. The minimum absolute atomic E-state index is 0.0867. The van der Waals surface area contributed by atoms with Crippen LogP contribution < -0.4 is 23.7 Å². The van der Waals surface area contributed by atoms with E-state index in [0.29, 0.717) is 59.7 Å². The Morgan fingerprint density at radius 1 is 0.939 bits per heavy atom. The van der Waals surface area contributed by atoms with Gasteiger partial charge in [0.2, 0.25) is 18.4 Å². The monoisotopic (exact) mass is 472 g/mol. The lowest BCUT2D eigenvalue weighted by atomic mass is 10.1. The molecule has 0 aliphatic carbocycles. The summed E-state index contributed by atoms with van der Waals surface area (Å²) in [6.07, 6.45) is 0. The number of fused-ring (bicyclic) bond motifs is 1. The molecule has 174 valence electrons. The van der Waals surface area contributed by atoms with Crippen LogP contribution in [0.25, 0.3) is 11.5 Å². The first-order valence-electron chi connectivity index (χ1n) is 10.6. The van der Waals surface area contributed by atoms with Crippen LogP contribution in [0.4, 0.5) is 0 Å². The van der Waals surface area contributed by atoms with E-state index in [1.54, 1.807) is 30.3 Å². The standard InChI is InChI=1S/C23H24N2O7S/c1-4-27-19-10-15(11-20(28-5-2)21(19)29-6-3)22-24-25-23(32-22)33-12-16(26)14-7-8-17-18(9-14)31-13-30-17/h7-11H,4-6,12-13H2,1-3H3. The zero-order valence-corrected chi connectivity index (χ0v) is 19.4. The van der Waals surface area contributed by atoms with Crippen molar-refractivity contribution in [3.05, 3.63) is 35.9 Å². The number of Topliss-reactive ketones (excluding diaryl/α,β-unsaturated/α-hetero) is 1. The second-order valence-corrected chi connectivity index (χ2v) is 7.68. The molecule has 0 saturated heterocycles. The number of hydrogen-bond donors (Lipinski definition) is 0. The average Bonchev–Trinajstić information content (AvgIpc) is 3.49. The molecular weight excluding hydrogens is 448 g/mol. The summed E-state index contributed by atoms with van der Waals surface area (Å²) in [6, 6.07) is 8.66. The number of benzene rings is 2. The Kier molecular flexibility index (Phi) is 7.23. The van der Waals surface area contributed by atoms with Crippen molar-refractivity contribution in [2.75, 3.05) is 32.4 Å². The van der Waals surface area contributed by atoms with Gasteiger partial charge < -0.3 is 28.1 Å². The van der Waals surface area contributed by atoms with Crippen molar-refractivity contribution < 1.29 is 32.9 Å². The van der Waals surface area contributed by atoms with Crippen LogP contribution in [0.2, 0.25) is 0 Å². The van der Waals surface area contributed by atoms with Crippen molar-refractivity contribution in [1.82, 2.24) is 10.2 Å². The quantitative estimate of drug-likeness (QED) is 0.290. The molecule has 0 atom stereocenters. The van der Waals surface area contributed by atoms with Crippen LogP contribution in [0.15, 0.2) is 40.0 Å². The smallest absolute Gasteiger partial charge is 0.277 e. The van der Waals surface area contributed by atoms with E-state index in [1.165, 1.54) is 0 Å². The SMILES string of the molecule is CCOc1cc(-c2nnc(SCC(=O)c3ccc4c(c3)OCO4)o2)cc(OCC)c1OCC. The fourth-order valence-electron chi connectivity index (χ4n) is 3.18. The van der Waals surface area contributed by atoms with Gasteiger partial charge in [-0.25, -0.2) is 0 Å². The molecule has 10 heteroatoms. The highest BCUT2D eigenvalue weighted by molar-refractivity contribution is 7.99. The molecule has 1 aliphatic rings. The van der Waals surface area contributed by atoms with E-state index in [0.717, 1.165) is 11.8 Å². The van der Waals surface area contributed by atoms with Crippen LogP contribution in [0.1, 0.15) is 31.1 Å². The summed E-state index contributed by atoms with van der Waals surface area (Å²) in [4.78, 5) is 12.6. The maximum absolute atomic E-state index is 12.6. The topological polar surface area (TPSA) is 102 Å². The predicted octanol–water partition coefficient (Wildman–Crippen LogP) is 4.64. The molecule has 0 unspecified atom stereocenters. The molecule has 1 aliphatic heterocycles. The third-order valence-corrected chi connectivity index (χ3v) is 5.40. The van der Waals surface area contributed by atoms with Crippen LogP contribution in [-0.2, 0) is 0 Å². The van der Waals surface area contributed by atoms with Crippen molar-refractivity contribution >= 4 is 17.5 Å². The predicted molar refractivity (Wildman–Crippen MR) is 121 cm³/mol. The van der Waals surface area contributed by atoms with Gasteiger partial charge in [-0.3, -0.25) is 4.79 Å². The average molecular weight is 473 g/mol. The lowest BCUT2D eigenvalue weighted by Crippen LogP contribution is -2.03. The summed E-state index contributed by atoms with van der Waals surface area (Å²) in [7, 11) is 0. The van der Waals surface area contributed by atoms with Crippen LogP contribution >= 0.6 is 11.8 Å². The third kappa shape index (κ3) is 5.16. The van der Waals surface area contributed by atoms with Crippen LogP contribution in [0.3, 0.4) is 0 Å². The van der Waals surface area contributed by atoms with Gasteiger partial charge >= 0.3 is 0 Å². The number of ether oxygens (including phenoxy) is 5. The molecule has 0 N–H and O–H groups in total. The second kappa shape index (κ2) is 10.5. The molecule has 4 rings (SSSR count). The van der Waals surface area contributed by atoms with Gasteiger partial charge in [0.05, 0.1) is 25.6 Å². The third-order valence-electron chi connectivity index (χ3n) is 4.58. The maximum atomic E-state index is 12.6. The summed E-state index contributed by atoms with van der Waals surface area (Å²) in [5, 5.41) is 8.47. The molecular formula is C23H24N2O7S. The van der Waals surface area contributed by atoms with E-state index >= 15 is 0 Å². The van der Waals surface area contributed by atoms with E-state index in [4.69, 9.17) is 28.1 Å². The Morgan fingerprint density at radius 2 is 1.64 bits per heavy atom. The minimum Gasteiger partial charge on any atom is -0.490 e. The fourth-order valence-corrected chi connectivity index (χ4v) is 3.84. The molecule has 2 aromatic carbocycles. The Morgan fingerprint density at radius 3 is 2.33 bits per heavy atom. The number of rotatable bonds is 11. The molecule has 9 nitrogen and oxygen atoms in total. The van der Waals surface area contributed by atoms with E-state index in [1.807, 2.05) is 20.8 Å². The van der Waals surface area contributed by atoms with E-state index in [-0.39, 0.29) is 29.4 Å². The molecule has 0 fully saturated rings. The van der Waals surface area contributed by atoms with Gasteiger partial charge in [-0.15, -0.1) is 10.2 Å². The Balaban J connectivity index is 1.49. The number of thioether (sulfide) groups is 1. The summed E-state index contributed by atoms with van der Waals surface area (Å²) < 4.78 is 33.6. The lowest BCUT2D eigenvalue weighted by molar-refractivity contribution is 0.102. The van der Waals surface area contributed by atoms with Gasteiger partial charge in [-0.05, 0) is 51.1 Å². The number of hydrogen-bond acceptors (Lipinski definition) is 10. The van der Waals surface area contributed by atoms with Crippen LogP contribution in [0.5, 0.6) is 28.7 Å². The van der Waals surface area contributed by atoms with E-state index in [2.05, 4.69) is 10.2 Å². The fraction of sp³-hybridized carbons (Fsp3) is 0.348. The van der Waals surface area contributed by atoms with E-state index in [9.17, 15) is 4.79 Å². The van der Waals surface area contributed by atoms with Gasteiger partial charge in [-0.2, -0.15) is 0 Å². The van der Waals surface area contributed by atoms with Crippen molar-refractivity contribution in [2.24, 2.45) is 0 Å². The first kappa shape index (κ1) is 22.8. The van der Waals surface area contributed by atoms with Crippen molar-refractivity contribution in [1.29, 1.82) is 0 Å². The van der Waals surface area contributed by atoms with Crippen molar-refractivity contribution in [2.45, 2.75) is 26.0 Å². The zero-order valence-electron chi connectivity index (χ0n) is 18.6. The molecule has 0 radical (unpaired) electrons. The van der Waals surface area contributed by atoms with Crippen LogP contribution in [-0.4, -0.2) is 48.3 Å². The van der Waals surface area contributed by atoms with Gasteiger partial charge in [0, 0.05) is 11.1 Å². The molecule has 2 heterocycles. The van der Waals surface area contributed by atoms with Gasteiger partial charge in [0.25, 0.3) is 5.22 Å². The van der Waals surface area contributed by atoms with Crippen LogP contribution in [0, 0.1) is 0 Å². The molecule has 0 bridgehead atoms. The summed E-state index contributed by atoms with van der Waals surface area (Å²) in [5.74, 6) is 3.14. The largest absolute Gasteiger partial charge is 0.490 e. The highest BCUT2D eigenvalue weighted by Crippen LogP contribution is 2.42. The number of carbonyl (C=O) groups is 1. The van der Waals surface area contributed by atoms with E-state index < -0.39 is 0 Å². The summed E-state index contributed by atoms with van der Waals surface area (Å²) >= 11 is 1.16. The highest BCUT2D eigenvalue weighted by Gasteiger charge is 2.20. The second-order valence-electron chi connectivity index (χ2n) is 6.75. The number of ketones is 1. The first-order chi connectivity index (χ1) is 16.1. The summed E-state index contributed by atoms with van der Waals surface area (Å²) in [5.41, 5.74) is 1.16. The summed E-state index contributed by atoms with van der Waals surface area (Å²) in [6.45, 7) is 7.23. The molecule has 0 spiro atoms. The Bertz CT molecular complexity index is 1100. The Labute approximate surface area is 195 Å². The molecule has 1 aromatic heterocycles. The van der Waals surface area contributed by atoms with Crippen molar-refractivity contribution in [3.8, 4) is 40.2 Å². The lowest BCUT2D eigenvalue weighted by Gasteiger charge is -2.16. The molecule has 0 saturated carbocycles. The first-order valence-corrected chi connectivity index (χ1v) is 11.6. The van der Waals surface area contributed by atoms with Gasteiger partial charge in [0.15, 0.2) is 28.8 Å². The number of carbonyl (C=O) groups excluding carboxylic acids is 1. The Hall–Kier alpha value is -3.40. The normalized spacial score (nSPS) is 12.0. The zero-order chi connectivity index (χ0) is 23.2. The minimum atomic E-state index is -0.0867. The maximum Gasteiger partial charge on any atom is 0.277 e. The molecule has 0 amide bonds. The molecule has 33 heavy (non-hydrogen) atoms. The highest BCUT2D eigenvalue weighted by atomic mass is 32.2.